The molecule has 0 aromatic carbocycles. The summed E-state index contributed by atoms with van der Waals surface area (Å²) < 4.78 is 5.81. The van der Waals surface area contributed by atoms with Crippen LogP contribution in [0.1, 0.15) is 31.2 Å². The monoisotopic (exact) mass is 276 g/mol. The number of ether oxygens (including phenoxy) is 1. The van der Waals surface area contributed by atoms with Crippen molar-refractivity contribution in [1.82, 2.24) is 10.3 Å². The van der Waals surface area contributed by atoms with Gasteiger partial charge >= 0.3 is 0 Å². The number of rotatable bonds is 5. The Bertz CT molecular complexity index is 503. The Morgan fingerprint density at radius 2 is 2.11 bits per heavy atom. The Labute approximate surface area is 118 Å². The third-order valence-corrected chi connectivity index (χ3v) is 3.44. The summed E-state index contributed by atoms with van der Waals surface area (Å²) in [5, 5.41) is 5.51. The van der Waals surface area contributed by atoms with Gasteiger partial charge < -0.3 is 10.1 Å². The minimum Gasteiger partial charge on any atom is -0.472 e. The molecular formula is C15H20N2OS. The van der Waals surface area contributed by atoms with Crippen LogP contribution in [0.2, 0.25) is 0 Å². The normalized spacial score (nSPS) is 11.5. The van der Waals surface area contributed by atoms with Crippen molar-refractivity contribution < 1.29 is 4.74 Å². The van der Waals surface area contributed by atoms with E-state index in [9.17, 15) is 0 Å². The predicted octanol–water partition coefficient (Wildman–Crippen LogP) is 3.61. The third kappa shape index (κ3) is 4.65. The van der Waals surface area contributed by atoms with Crippen LogP contribution in [0.25, 0.3) is 0 Å². The van der Waals surface area contributed by atoms with Crippen molar-refractivity contribution in [1.29, 1.82) is 0 Å². The average Bonchev–Trinajstić information content (AvgIpc) is 2.87. The zero-order valence-electron chi connectivity index (χ0n) is 11.6. The van der Waals surface area contributed by atoms with E-state index in [2.05, 4.69) is 48.6 Å². The van der Waals surface area contributed by atoms with Gasteiger partial charge in [0.15, 0.2) is 0 Å². The molecule has 0 aliphatic heterocycles. The summed E-state index contributed by atoms with van der Waals surface area (Å²) in [6.45, 7) is 7.79. The van der Waals surface area contributed by atoms with Crippen LogP contribution in [-0.2, 0) is 13.2 Å². The summed E-state index contributed by atoms with van der Waals surface area (Å²) in [4.78, 5) is 5.53. The lowest BCUT2D eigenvalue weighted by Gasteiger charge is -2.21. The van der Waals surface area contributed by atoms with E-state index in [-0.39, 0.29) is 5.54 Å². The highest BCUT2D eigenvalue weighted by molar-refractivity contribution is 7.09. The minimum atomic E-state index is 0.0842. The number of aromatic nitrogens is 1. The summed E-state index contributed by atoms with van der Waals surface area (Å²) in [6, 6.07) is 8.09. The molecule has 19 heavy (non-hydrogen) atoms. The number of hydrogen-bond acceptors (Lipinski definition) is 4. The van der Waals surface area contributed by atoms with Crippen LogP contribution < -0.4 is 10.1 Å². The quantitative estimate of drug-likeness (QED) is 0.906. The standard InChI is InChI=1S/C15H20N2OS/c1-15(2,3)17-10-12-6-4-8-16-14(12)18-11-13-7-5-9-19-13/h4-9,17H,10-11H2,1-3H3. The molecule has 2 rings (SSSR count). The molecule has 0 bridgehead atoms. The van der Waals surface area contributed by atoms with Gasteiger partial charge in [0, 0.05) is 28.7 Å². The van der Waals surface area contributed by atoms with E-state index in [4.69, 9.17) is 4.74 Å². The van der Waals surface area contributed by atoms with Gasteiger partial charge in [0.05, 0.1) is 0 Å². The number of pyridine rings is 1. The molecule has 0 unspecified atom stereocenters. The smallest absolute Gasteiger partial charge is 0.218 e. The Balaban J connectivity index is 1.99. The number of nitrogens with one attached hydrogen (secondary N) is 1. The van der Waals surface area contributed by atoms with Gasteiger partial charge in [-0.15, -0.1) is 11.3 Å². The molecule has 0 atom stereocenters. The zero-order valence-corrected chi connectivity index (χ0v) is 12.5. The molecule has 1 N–H and O–H groups in total. The van der Waals surface area contributed by atoms with E-state index in [1.807, 2.05) is 12.1 Å². The molecule has 102 valence electrons. The second kappa shape index (κ2) is 6.17. The van der Waals surface area contributed by atoms with Crippen LogP contribution in [0.15, 0.2) is 35.8 Å². The molecule has 0 fully saturated rings. The maximum Gasteiger partial charge on any atom is 0.218 e. The van der Waals surface area contributed by atoms with Crippen molar-refractivity contribution in [3.8, 4) is 5.88 Å². The molecule has 0 aliphatic rings. The average molecular weight is 276 g/mol. The maximum absolute atomic E-state index is 5.81. The molecule has 0 aliphatic carbocycles. The van der Waals surface area contributed by atoms with Crippen LogP contribution in [0.4, 0.5) is 0 Å². The van der Waals surface area contributed by atoms with Crippen LogP contribution in [0.3, 0.4) is 0 Å². The second-order valence-electron chi connectivity index (χ2n) is 5.44. The maximum atomic E-state index is 5.81. The molecule has 2 aromatic heterocycles. The van der Waals surface area contributed by atoms with Gasteiger partial charge in [-0.1, -0.05) is 12.1 Å². The first-order valence-corrected chi connectivity index (χ1v) is 7.27. The van der Waals surface area contributed by atoms with E-state index in [1.54, 1.807) is 17.5 Å². The summed E-state index contributed by atoms with van der Waals surface area (Å²) >= 11 is 1.70. The highest BCUT2D eigenvalue weighted by atomic mass is 32.1. The van der Waals surface area contributed by atoms with Crippen LogP contribution >= 0.6 is 11.3 Å². The van der Waals surface area contributed by atoms with Crippen molar-refractivity contribution >= 4 is 11.3 Å². The SMILES string of the molecule is CC(C)(C)NCc1cccnc1OCc1cccs1. The van der Waals surface area contributed by atoms with Gasteiger partial charge in [-0.3, -0.25) is 0 Å². The minimum absolute atomic E-state index is 0.0842. The molecular weight excluding hydrogens is 256 g/mol. The van der Waals surface area contributed by atoms with Crippen LogP contribution in [-0.4, -0.2) is 10.5 Å². The zero-order chi connectivity index (χ0) is 13.7. The fraction of sp³-hybridized carbons (Fsp3) is 0.400. The Hall–Kier alpha value is -1.39. The molecule has 4 heteroatoms. The molecule has 2 aromatic rings. The highest BCUT2D eigenvalue weighted by Gasteiger charge is 2.11. The first-order valence-electron chi connectivity index (χ1n) is 6.39. The number of nitrogens with zero attached hydrogens (tertiary/aromatic N) is 1. The fourth-order valence-corrected chi connectivity index (χ4v) is 2.20. The molecule has 0 saturated heterocycles. The van der Waals surface area contributed by atoms with E-state index in [0.717, 1.165) is 12.1 Å². The first kappa shape index (κ1) is 14.0. The number of hydrogen-bond donors (Lipinski definition) is 1. The summed E-state index contributed by atoms with van der Waals surface area (Å²) in [7, 11) is 0. The molecule has 0 amide bonds. The van der Waals surface area contributed by atoms with Crippen LogP contribution in [0, 0.1) is 0 Å². The van der Waals surface area contributed by atoms with Gasteiger partial charge in [0.2, 0.25) is 5.88 Å². The van der Waals surface area contributed by atoms with Crippen molar-refractivity contribution in [2.24, 2.45) is 0 Å². The Morgan fingerprint density at radius 1 is 1.26 bits per heavy atom. The molecule has 0 spiro atoms. The molecule has 3 nitrogen and oxygen atoms in total. The van der Waals surface area contributed by atoms with Crippen molar-refractivity contribution in [3.05, 3.63) is 46.3 Å². The van der Waals surface area contributed by atoms with E-state index >= 15 is 0 Å². The van der Waals surface area contributed by atoms with E-state index < -0.39 is 0 Å². The third-order valence-electron chi connectivity index (χ3n) is 2.59. The summed E-state index contributed by atoms with van der Waals surface area (Å²) in [6.07, 6.45) is 1.77. The summed E-state index contributed by atoms with van der Waals surface area (Å²) in [5.74, 6) is 0.715. The van der Waals surface area contributed by atoms with Gasteiger partial charge in [0.1, 0.15) is 6.61 Å². The van der Waals surface area contributed by atoms with Crippen LogP contribution in [0.5, 0.6) is 5.88 Å². The lowest BCUT2D eigenvalue weighted by atomic mass is 10.1. The van der Waals surface area contributed by atoms with E-state index in [0.29, 0.717) is 12.5 Å². The van der Waals surface area contributed by atoms with Gasteiger partial charge in [-0.05, 0) is 38.3 Å². The van der Waals surface area contributed by atoms with Crippen molar-refractivity contribution in [2.75, 3.05) is 0 Å². The Kier molecular flexibility index (Phi) is 4.56. The summed E-state index contributed by atoms with van der Waals surface area (Å²) in [5.41, 5.74) is 1.18. The predicted molar refractivity (Wildman–Crippen MR) is 79.5 cm³/mol. The fourth-order valence-electron chi connectivity index (χ4n) is 1.58. The lowest BCUT2D eigenvalue weighted by molar-refractivity contribution is 0.291. The molecule has 0 radical (unpaired) electrons. The van der Waals surface area contributed by atoms with Crippen molar-refractivity contribution in [2.45, 2.75) is 39.5 Å². The topological polar surface area (TPSA) is 34.2 Å². The van der Waals surface area contributed by atoms with Gasteiger partial charge in [-0.2, -0.15) is 0 Å². The lowest BCUT2D eigenvalue weighted by Crippen LogP contribution is -2.35. The largest absolute Gasteiger partial charge is 0.472 e. The Morgan fingerprint density at radius 3 is 2.79 bits per heavy atom. The number of thiophene rings is 1. The van der Waals surface area contributed by atoms with Crippen molar-refractivity contribution in [3.63, 3.8) is 0 Å². The highest BCUT2D eigenvalue weighted by Crippen LogP contribution is 2.18. The van der Waals surface area contributed by atoms with Gasteiger partial charge in [0.25, 0.3) is 0 Å². The van der Waals surface area contributed by atoms with E-state index in [1.165, 1.54) is 4.88 Å². The molecule has 0 saturated carbocycles. The second-order valence-corrected chi connectivity index (χ2v) is 6.47. The van der Waals surface area contributed by atoms with Gasteiger partial charge in [-0.25, -0.2) is 4.98 Å². The molecule has 2 heterocycles. The first-order chi connectivity index (χ1) is 9.04.